The Morgan fingerprint density at radius 1 is 1.21 bits per heavy atom. The van der Waals surface area contributed by atoms with Crippen LogP contribution in [0.15, 0.2) is 0 Å². The van der Waals surface area contributed by atoms with E-state index in [4.69, 9.17) is 15.2 Å². The quantitative estimate of drug-likeness (QED) is 0.680. The van der Waals surface area contributed by atoms with E-state index in [2.05, 4.69) is 16.9 Å². The average Bonchev–Trinajstić information content (AvgIpc) is 2.69. The number of nitrogens with zero attached hydrogens (tertiary/aromatic N) is 3. The highest BCUT2D eigenvalue weighted by Gasteiger charge is 2.18. The molecule has 19 heavy (non-hydrogen) atoms. The summed E-state index contributed by atoms with van der Waals surface area (Å²) >= 11 is 0. The Balaban J connectivity index is 2.85. The second kappa shape index (κ2) is 8.01. The molecule has 1 rings (SSSR count). The second-order valence-electron chi connectivity index (χ2n) is 4.49. The van der Waals surface area contributed by atoms with Gasteiger partial charge in [-0.25, -0.2) is 0 Å². The first-order valence-corrected chi connectivity index (χ1v) is 6.69. The third kappa shape index (κ3) is 4.11. The Bertz CT molecular complexity index is 379. The Labute approximate surface area is 115 Å². The normalized spacial score (nSPS) is 10.9. The molecule has 0 bridgehead atoms. The number of hydrogen-bond donors (Lipinski definition) is 1. The Morgan fingerprint density at radius 2 is 1.89 bits per heavy atom. The molecule has 0 aliphatic carbocycles. The van der Waals surface area contributed by atoms with Crippen LogP contribution in [0, 0.1) is 0 Å². The summed E-state index contributed by atoms with van der Waals surface area (Å²) in [5.74, 6) is 0.977. The van der Waals surface area contributed by atoms with E-state index in [0.717, 1.165) is 49.7 Å². The molecule has 0 aromatic carbocycles. The molecule has 1 heterocycles. The van der Waals surface area contributed by atoms with Gasteiger partial charge in [-0.2, -0.15) is 5.10 Å². The van der Waals surface area contributed by atoms with E-state index in [9.17, 15) is 0 Å². The number of aryl methyl sites for hydroxylation is 2. The van der Waals surface area contributed by atoms with E-state index in [1.54, 1.807) is 14.2 Å². The molecule has 0 saturated heterocycles. The summed E-state index contributed by atoms with van der Waals surface area (Å²) in [4.78, 5) is 2.21. The zero-order valence-electron chi connectivity index (χ0n) is 12.5. The number of rotatable bonds is 9. The van der Waals surface area contributed by atoms with Gasteiger partial charge in [-0.1, -0.05) is 6.92 Å². The van der Waals surface area contributed by atoms with Crippen LogP contribution in [0.4, 0.5) is 11.5 Å². The van der Waals surface area contributed by atoms with E-state index in [-0.39, 0.29) is 0 Å². The third-order valence-corrected chi connectivity index (χ3v) is 3.11. The Hall–Kier alpha value is -1.27. The summed E-state index contributed by atoms with van der Waals surface area (Å²) in [5.41, 5.74) is 7.92. The molecular formula is C13H26N4O2. The van der Waals surface area contributed by atoms with E-state index in [1.165, 1.54) is 0 Å². The van der Waals surface area contributed by atoms with Gasteiger partial charge in [0.2, 0.25) is 0 Å². The first-order valence-electron chi connectivity index (χ1n) is 6.69. The maximum absolute atomic E-state index is 6.19. The van der Waals surface area contributed by atoms with Gasteiger partial charge >= 0.3 is 0 Å². The highest BCUT2D eigenvalue weighted by Crippen LogP contribution is 2.26. The lowest BCUT2D eigenvalue weighted by Gasteiger charge is -2.24. The van der Waals surface area contributed by atoms with Crippen LogP contribution in [0.5, 0.6) is 0 Å². The summed E-state index contributed by atoms with van der Waals surface area (Å²) in [6.07, 6.45) is 1.79. The van der Waals surface area contributed by atoms with Crippen molar-refractivity contribution in [2.75, 3.05) is 51.2 Å². The van der Waals surface area contributed by atoms with Crippen LogP contribution >= 0.6 is 0 Å². The summed E-state index contributed by atoms with van der Waals surface area (Å²) in [7, 11) is 5.35. The summed E-state index contributed by atoms with van der Waals surface area (Å²) in [5, 5.41) is 4.46. The van der Waals surface area contributed by atoms with Crippen molar-refractivity contribution in [2.24, 2.45) is 7.05 Å². The lowest BCUT2D eigenvalue weighted by atomic mass is 10.2. The minimum absolute atomic E-state index is 0.666. The lowest BCUT2D eigenvalue weighted by molar-refractivity contribution is 0.190. The van der Waals surface area contributed by atoms with Gasteiger partial charge in [-0.3, -0.25) is 4.68 Å². The van der Waals surface area contributed by atoms with Crippen LogP contribution in [0.1, 0.15) is 19.0 Å². The molecule has 1 aromatic heterocycles. The fourth-order valence-corrected chi connectivity index (χ4v) is 2.15. The van der Waals surface area contributed by atoms with Gasteiger partial charge in [-0.15, -0.1) is 0 Å². The molecule has 0 saturated carbocycles. The minimum atomic E-state index is 0.666. The molecule has 6 heteroatoms. The van der Waals surface area contributed by atoms with Gasteiger partial charge in [0, 0.05) is 41.0 Å². The topological polar surface area (TPSA) is 65.5 Å². The molecule has 2 N–H and O–H groups in total. The van der Waals surface area contributed by atoms with Crippen molar-refractivity contribution in [1.29, 1.82) is 0 Å². The van der Waals surface area contributed by atoms with Crippen molar-refractivity contribution < 1.29 is 9.47 Å². The first-order chi connectivity index (χ1) is 9.15. The number of hydrogen-bond acceptors (Lipinski definition) is 5. The molecule has 6 nitrogen and oxygen atoms in total. The molecular weight excluding hydrogens is 244 g/mol. The molecule has 0 unspecified atom stereocenters. The van der Waals surface area contributed by atoms with Crippen molar-refractivity contribution in [3.8, 4) is 0 Å². The Kier molecular flexibility index (Phi) is 6.66. The van der Waals surface area contributed by atoms with Gasteiger partial charge in [-0.05, 0) is 12.8 Å². The van der Waals surface area contributed by atoms with Crippen LogP contribution < -0.4 is 10.6 Å². The summed E-state index contributed by atoms with van der Waals surface area (Å²) < 4.78 is 12.1. The standard InChI is InChI=1S/C13H26N4O2/c1-5-11-12(14)13(16(2)15-11)17(8-10-19-4)7-6-9-18-3/h5-10,14H2,1-4H3. The molecule has 0 aliphatic rings. The van der Waals surface area contributed by atoms with E-state index in [0.29, 0.717) is 6.61 Å². The number of ether oxygens (including phenoxy) is 2. The van der Waals surface area contributed by atoms with E-state index >= 15 is 0 Å². The predicted octanol–water partition coefficient (Wildman–Crippen LogP) is 1.05. The van der Waals surface area contributed by atoms with Gasteiger partial charge in [0.25, 0.3) is 0 Å². The number of anilines is 2. The SMILES string of the molecule is CCc1nn(C)c(N(CCCOC)CCOC)c1N. The number of nitrogen functional groups attached to an aromatic ring is 1. The van der Waals surface area contributed by atoms with Crippen molar-refractivity contribution >= 4 is 11.5 Å². The first kappa shape index (κ1) is 15.8. The maximum atomic E-state index is 6.19. The monoisotopic (exact) mass is 270 g/mol. The van der Waals surface area contributed by atoms with Crippen molar-refractivity contribution in [3.05, 3.63) is 5.69 Å². The largest absolute Gasteiger partial charge is 0.394 e. The molecule has 0 spiro atoms. The van der Waals surface area contributed by atoms with Crippen LogP contribution in [0.25, 0.3) is 0 Å². The molecule has 0 radical (unpaired) electrons. The van der Waals surface area contributed by atoms with Crippen molar-refractivity contribution in [2.45, 2.75) is 19.8 Å². The average molecular weight is 270 g/mol. The molecule has 0 aliphatic heterocycles. The van der Waals surface area contributed by atoms with Crippen LogP contribution in [-0.4, -0.2) is 50.3 Å². The zero-order valence-corrected chi connectivity index (χ0v) is 12.5. The number of nitrogens with two attached hydrogens (primary N) is 1. The van der Waals surface area contributed by atoms with Crippen molar-refractivity contribution in [1.82, 2.24) is 9.78 Å². The van der Waals surface area contributed by atoms with Crippen LogP contribution in [0.2, 0.25) is 0 Å². The fraction of sp³-hybridized carbons (Fsp3) is 0.769. The number of aromatic nitrogens is 2. The molecule has 0 amide bonds. The number of methoxy groups -OCH3 is 2. The summed E-state index contributed by atoms with van der Waals surface area (Å²) in [6.45, 7) is 5.14. The fourth-order valence-electron chi connectivity index (χ4n) is 2.15. The summed E-state index contributed by atoms with van der Waals surface area (Å²) in [6, 6.07) is 0. The predicted molar refractivity (Wildman–Crippen MR) is 77.6 cm³/mol. The highest BCUT2D eigenvalue weighted by atomic mass is 16.5. The molecule has 110 valence electrons. The van der Waals surface area contributed by atoms with Gasteiger partial charge in [0.1, 0.15) is 5.82 Å². The van der Waals surface area contributed by atoms with Gasteiger partial charge < -0.3 is 20.1 Å². The lowest BCUT2D eigenvalue weighted by Crippen LogP contribution is -2.31. The smallest absolute Gasteiger partial charge is 0.150 e. The van der Waals surface area contributed by atoms with Crippen LogP contribution in [-0.2, 0) is 22.9 Å². The van der Waals surface area contributed by atoms with E-state index in [1.807, 2.05) is 11.7 Å². The molecule has 0 atom stereocenters. The van der Waals surface area contributed by atoms with Gasteiger partial charge in [0.05, 0.1) is 18.0 Å². The van der Waals surface area contributed by atoms with E-state index < -0.39 is 0 Å². The second-order valence-corrected chi connectivity index (χ2v) is 4.49. The molecule has 1 aromatic rings. The third-order valence-electron chi connectivity index (χ3n) is 3.11. The minimum Gasteiger partial charge on any atom is -0.394 e. The Morgan fingerprint density at radius 3 is 2.42 bits per heavy atom. The van der Waals surface area contributed by atoms with Crippen molar-refractivity contribution in [3.63, 3.8) is 0 Å². The zero-order chi connectivity index (χ0) is 14.3. The maximum Gasteiger partial charge on any atom is 0.150 e. The van der Waals surface area contributed by atoms with Gasteiger partial charge in [0.15, 0.2) is 0 Å². The van der Waals surface area contributed by atoms with Crippen LogP contribution in [0.3, 0.4) is 0 Å². The highest BCUT2D eigenvalue weighted by molar-refractivity contribution is 5.66. The molecule has 0 fully saturated rings.